The molecule has 0 spiro atoms. The third-order valence-electron chi connectivity index (χ3n) is 2.92. The molecule has 1 unspecified atom stereocenters. The lowest BCUT2D eigenvalue weighted by Gasteiger charge is -2.17. The van der Waals surface area contributed by atoms with Crippen LogP contribution < -0.4 is 10.2 Å². The molecule has 0 bridgehead atoms. The van der Waals surface area contributed by atoms with Crippen LogP contribution in [-0.2, 0) is 0 Å². The second-order valence-electron chi connectivity index (χ2n) is 4.10. The summed E-state index contributed by atoms with van der Waals surface area (Å²) in [5.41, 5.74) is 0. The maximum atomic E-state index is 4.38. The van der Waals surface area contributed by atoms with E-state index in [4.69, 9.17) is 0 Å². The first kappa shape index (κ1) is 10.5. The van der Waals surface area contributed by atoms with Gasteiger partial charge in [0.2, 0.25) is 0 Å². The highest BCUT2D eigenvalue weighted by molar-refractivity contribution is 7.13. The molecule has 3 rings (SSSR count). The van der Waals surface area contributed by atoms with E-state index in [-0.39, 0.29) is 0 Å². The van der Waals surface area contributed by atoms with Crippen molar-refractivity contribution in [3.05, 3.63) is 36.0 Å². The lowest BCUT2D eigenvalue weighted by atomic mass is 10.3. The van der Waals surface area contributed by atoms with Crippen LogP contribution in [0.25, 0.3) is 0 Å². The van der Waals surface area contributed by atoms with Gasteiger partial charge in [0, 0.05) is 36.9 Å². The Hall–Kier alpha value is -1.62. The topological polar surface area (TPSA) is 41.0 Å². The van der Waals surface area contributed by atoms with Gasteiger partial charge in [-0.15, -0.1) is 11.3 Å². The minimum atomic E-state index is 0.475. The molecule has 1 N–H and O–H groups in total. The molecular formula is C12H14N4S. The van der Waals surface area contributed by atoms with Crippen LogP contribution in [0.3, 0.4) is 0 Å². The van der Waals surface area contributed by atoms with E-state index in [9.17, 15) is 0 Å². The number of hydrogen-bond acceptors (Lipinski definition) is 5. The van der Waals surface area contributed by atoms with Gasteiger partial charge in [0.25, 0.3) is 0 Å². The molecule has 17 heavy (non-hydrogen) atoms. The molecule has 3 heterocycles. The summed E-state index contributed by atoms with van der Waals surface area (Å²) in [5, 5.41) is 6.46. The summed E-state index contributed by atoms with van der Waals surface area (Å²) in [6, 6.07) is 6.52. The van der Waals surface area contributed by atoms with Crippen LogP contribution in [0.5, 0.6) is 0 Å². The van der Waals surface area contributed by atoms with Gasteiger partial charge in [-0.25, -0.2) is 9.97 Å². The van der Waals surface area contributed by atoms with Crippen molar-refractivity contribution in [3.63, 3.8) is 0 Å². The first-order valence-electron chi connectivity index (χ1n) is 5.74. The normalized spacial score (nSPS) is 19.5. The molecule has 2 aromatic rings. The summed E-state index contributed by atoms with van der Waals surface area (Å²) in [4.78, 5) is 10.9. The Balaban J connectivity index is 1.62. The molecule has 0 aliphatic carbocycles. The van der Waals surface area contributed by atoms with Crippen LogP contribution in [0.2, 0.25) is 0 Å². The van der Waals surface area contributed by atoms with E-state index in [1.165, 1.54) is 0 Å². The number of rotatable bonds is 3. The zero-order chi connectivity index (χ0) is 11.5. The number of anilines is 2. The van der Waals surface area contributed by atoms with Gasteiger partial charge in [-0.05, 0) is 18.6 Å². The predicted molar refractivity (Wildman–Crippen MR) is 70.6 cm³/mol. The van der Waals surface area contributed by atoms with Gasteiger partial charge in [-0.2, -0.15) is 0 Å². The van der Waals surface area contributed by atoms with Crippen molar-refractivity contribution in [1.82, 2.24) is 9.97 Å². The van der Waals surface area contributed by atoms with E-state index in [0.29, 0.717) is 6.04 Å². The Bertz CT molecular complexity index is 457. The maximum absolute atomic E-state index is 4.38. The second-order valence-corrected chi connectivity index (χ2v) is 5.00. The lowest BCUT2D eigenvalue weighted by Crippen LogP contribution is -2.26. The third kappa shape index (κ3) is 2.39. The lowest BCUT2D eigenvalue weighted by molar-refractivity contribution is 0.804. The predicted octanol–water partition coefficient (Wildman–Crippen LogP) is 2.23. The van der Waals surface area contributed by atoms with E-state index in [1.807, 2.05) is 29.9 Å². The Kier molecular flexibility index (Phi) is 2.92. The highest BCUT2D eigenvalue weighted by Gasteiger charge is 2.23. The fourth-order valence-electron chi connectivity index (χ4n) is 2.10. The molecule has 88 valence electrons. The Morgan fingerprint density at radius 1 is 1.29 bits per heavy atom. The smallest absolute Gasteiger partial charge is 0.182 e. The number of hydrogen-bond donors (Lipinski definition) is 1. The fourth-order valence-corrected chi connectivity index (χ4v) is 2.70. The average Bonchev–Trinajstić information content (AvgIpc) is 3.02. The molecule has 1 saturated heterocycles. The Morgan fingerprint density at radius 2 is 2.29 bits per heavy atom. The molecule has 1 aliphatic heterocycles. The zero-order valence-corrected chi connectivity index (χ0v) is 10.2. The third-order valence-corrected chi connectivity index (χ3v) is 3.63. The van der Waals surface area contributed by atoms with E-state index < -0.39 is 0 Å². The van der Waals surface area contributed by atoms with E-state index >= 15 is 0 Å². The summed E-state index contributed by atoms with van der Waals surface area (Å²) in [5.74, 6) is 1.07. The van der Waals surface area contributed by atoms with Gasteiger partial charge in [0.15, 0.2) is 5.13 Å². The standard InChI is InChI=1S/C12H14N4S/c1-2-5-13-11(3-1)16-7-4-10(9-16)15-12-14-6-8-17-12/h1-3,5-6,8,10H,4,7,9H2,(H,14,15). The van der Waals surface area contributed by atoms with Gasteiger partial charge in [-0.3, -0.25) is 0 Å². The zero-order valence-electron chi connectivity index (χ0n) is 9.41. The molecule has 0 aromatic carbocycles. The van der Waals surface area contributed by atoms with Gasteiger partial charge in [0.1, 0.15) is 5.82 Å². The SMILES string of the molecule is c1ccc(N2CCC(Nc3nccs3)C2)nc1. The van der Waals surface area contributed by atoms with Crippen molar-refractivity contribution in [3.8, 4) is 0 Å². The van der Waals surface area contributed by atoms with Gasteiger partial charge < -0.3 is 10.2 Å². The molecule has 1 aliphatic rings. The first-order chi connectivity index (χ1) is 8.42. The number of thiazole rings is 1. The summed E-state index contributed by atoms with van der Waals surface area (Å²) in [6.45, 7) is 2.05. The number of pyridine rings is 1. The van der Waals surface area contributed by atoms with Gasteiger partial charge in [-0.1, -0.05) is 6.07 Å². The minimum absolute atomic E-state index is 0.475. The van der Waals surface area contributed by atoms with Crippen LogP contribution in [0, 0.1) is 0 Å². The van der Waals surface area contributed by atoms with Gasteiger partial charge >= 0.3 is 0 Å². The van der Waals surface area contributed by atoms with Gasteiger partial charge in [0.05, 0.1) is 0 Å². The number of nitrogens with zero attached hydrogens (tertiary/aromatic N) is 3. The van der Waals surface area contributed by atoms with Crippen molar-refractivity contribution in [2.24, 2.45) is 0 Å². The molecule has 5 heteroatoms. The number of nitrogens with one attached hydrogen (secondary N) is 1. The van der Waals surface area contributed by atoms with Crippen molar-refractivity contribution in [1.29, 1.82) is 0 Å². The van der Waals surface area contributed by atoms with Crippen LogP contribution in [0.15, 0.2) is 36.0 Å². The summed E-state index contributed by atoms with van der Waals surface area (Å²) in [7, 11) is 0. The molecule has 0 amide bonds. The molecule has 0 radical (unpaired) electrons. The van der Waals surface area contributed by atoms with Crippen LogP contribution in [0.1, 0.15) is 6.42 Å². The Morgan fingerprint density at radius 3 is 3.06 bits per heavy atom. The maximum Gasteiger partial charge on any atom is 0.182 e. The molecule has 2 aromatic heterocycles. The summed E-state index contributed by atoms with van der Waals surface area (Å²) < 4.78 is 0. The van der Waals surface area contributed by atoms with E-state index in [2.05, 4.69) is 26.3 Å². The molecule has 4 nitrogen and oxygen atoms in total. The van der Waals surface area contributed by atoms with E-state index in [0.717, 1.165) is 30.5 Å². The summed E-state index contributed by atoms with van der Waals surface area (Å²) >= 11 is 1.65. The number of aromatic nitrogens is 2. The largest absolute Gasteiger partial charge is 0.357 e. The highest BCUT2D eigenvalue weighted by Crippen LogP contribution is 2.21. The van der Waals surface area contributed by atoms with Crippen molar-refractivity contribution < 1.29 is 0 Å². The van der Waals surface area contributed by atoms with Crippen LogP contribution in [0.4, 0.5) is 10.9 Å². The first-order valence-corrected chi connectivity index (χ1v) is 6.62. The second kappa shape index (κ2) is 4.71. The molecular weight excluding hydrogens is 232 g/mol. The van der Waals surface area contributed by atoms with E-state index in [1.54, 1.807) is 11.3 Å². The Labute approximate surface area is 104 Å². The average molecular weight is 246 g/mol. The monoisotopic (exact) mass is 246 g/mol. The van der Waals surface area contributed by atoms with Crippen LogP contribution >= 0.6 is 11.3 Å². The van der Waals surface area contributed by atoms with Crippen LogP contribution in [-0.4, -0.2) is 29.1 Å². The molecule has 0 saturated carbocycles. The van der Waals surface area contributed by atoms with Crippen molar-refractivity contribution in [2.45, 2.75) is 12.5 Å². The summed E-state index contributed by atoms with van der Waals surface area (Å²) in [6.07, 6.45) is 4.81. The van der Waals surface area contributed by atoms with Crippen molar-refractivity contribution >= 4 is 22.3 Å². The van der Waals surface area contributed by atoms with Crippen molar-refractivity contribution in [2.75, 3.05) is 23.3 Å². The molecule has 1 fully saturated rings. The highest BCUT2D eigenvalue weighted by atomic mass is 32.1. The quantitative estimate of drug-likeness (QED) is 0.901. The fraction of sp³-hybridized carbons (Fsp3) is 0.333. The minimum Gasteiger partial charge on any atom is -0.357 e. The molecule has 1 atom stereocenters.